The van der Waals surface area contributed by atoms with Crippen LogP contribution in [0.4, 0.5) is 0 Å². The predicted octanol–water partition coefficient (Wildman–Crippen LogP) is 1.77. The summed E-state index contributed by atoms with van der Waals surface area (Å²) in [6.07, 6.45) is 7.46. The van der Waals surface area contributed by atoms with Crippen LogP contribution in [-0.2, 0) is 6.42 Å². The molecule has 3 nitrogen and oxygen atoms in total. The fourth-order valence-electron chi connectivity index (χ4n) is 1.31. The molecule has 0 unspecified atom stereocenters. The van der Waals surface area contributed by atoms with Crippen molar-refractivity contribution in [3.63, 3.8) is 0 Å². The Morgan fingerprint density at radius 3 is 2.50 bits per heavy atom. The summed E-state index contributed by atoms with van der Waals surface area (Å²) in [4.78, 5) is 7.85. The molecule has 1 N–H and O–H groups in total. The molecule has 0 atom stereocenters. The van der Waals surface area contributed by atoms with Gasteiger partial charge in [0.2, 0.25) is 0 Å². The molecule has 0 spiro atoms. The summed E-state index contributed by atoms with van der Waals surface area (Å²) in [7, 11) is 0. The first kappa shape index (κ1) is 8.69. The Bertz CT molecular complexity index is 415. The molecule has 2 aromatic heterocycles. The monoisotopic (exact) mass is 186 g/mol. The SMILES string of the molecule is Oc1cncc(Cc2ccncc2)c1. The van der Waals surface area contributed by atoms with Crippen LogP contribution in [0.5, 0.6) is 5.75 Å². The van der Waals surface area contributed by atoms with Crippen molar-refractivity contribution in [2.75, 3.05) is 0 Å². The lowest BCUT2D eigenvalue weighted by molar-refractivity contribution is 0.472. The van der Waals surface area contributed by atoms with Crippen LogP contribution < -0.4 is 0 Å². The largest absolute Gasteiger partial charge is 0.506 e. The number of hydrogen-bond donors (Lipinski definition) is 1. The van der Waals surface area contributed by atoms with E-state index >= 15 is 0 Å². The summed E-state index contributed by atoms with van der Waals surface area (Å²) in [5, 5.41) is 9.22. The summed E-state index contributed by atoms with van der Waals surface area (Å²) in [5.41, 5.74) is 2.16. The van der Waals surface area contributed by atoms with Gasteiger partial charge in [0, 0.05) is 18.6 Å². The van der Waals surface area contributed by atoms with Gasteiger partial charge in [0.25, 0.3) is 0 Å². The van der Waals surface area contributed by atoms with E-state index in [9.17, 15) is 5.11 Å². The molecule has 2 aromatic rings. The van der Waals surface area contributed by atoms with Gasteiger partial charge in [-0.3, -0.25) is 9.97 Å². The Morgan fingerprint density at radius 1 is 1.00 bits per heavy atom. The minimum Gasteiger partial charge on any atom is -0.506 e. The van der Waals surface area contributed by atoms with Crippen LogP contribution >= 0.6 is 0 Å². The Balaban J connectivity index is 2.19. The third kappa shape index (κ3) is 2.07. The molecule has 2 rings (SSSR count). The second kappa shape index (κ2) is 3.87. The molecule has 0 bridgehead atoms. The third-order valence-electron chi connectivity index (χ3n) is 1.94. The fraction of sp³-hybridized carbons (Fsp3) is 0.0909. The zero-order valence-electron chi connectivity index (χ0n) is 7.59. The second-order valence-corrected chi connectivity index (χ2v) is 3.08. The Labute approximate surface area is 82.1 Å². The van der Waals surface area contributed by atoms with Crippen molar-refractivity contribution in [2.45, 2.75) is 6.42 Å². The molecule has 0 aliphatic carbocycles. The molecule has 0 amide bonds. The van der Waals surface area contributed by atoms with Gasteiger partial charge in [-0.1, -0.05) is 0 Å². The van der Waals surface area contributed by atoms with E-state index < -0.39 is 0 Å². The standard InChI is InChI=1S/C11H10N2O/c14-11-6-10(7-13-8-11)5-9-1-3-12-4-2-9/h1-4,6-8,14H,5H2. The van der Waals surface area contributed by atoms with Crippen LogP contribution in [0.25, 0.3) is 0 Å². The molecule has 70 valence electrons. The topological polar surface area (TPSA) is 46.0 Å². The zero-order chi connectivity index (χ0) is 9.80. The van der Waals surface area contributed by atoms with E-state index in [1.807, 2.05) is 12.1 Å². The molecule has 0 saturated heterocycles. The van der Waals surface area contributed by atoms with Gasteiger partial charge in [-0.05, 0) is 35.7 Å². The van der Waals surface area contributed by atoms with E-state index in [2.05, 4.69) is 9.97 Å². The van der Waals surface area contributed by atoms with Crippen LogP contribution in [0, 0.1) is 0 Å². The third-order valence-corrected chi connectivity index (χ3v) is 1.94. The molecule has 14 heavy (non-hydrogen) atoms. The molecule has 0 radical (unpaired) electrons. The highest BCUT2D eigenvalue weighted by Crippen LogP contribution is 2.12. The summed E-state index contributed by atoms with van der Waals surface area (Å²) in [6, 6.07) is 5.61. The van der Waals surface area contributed by atoms with Gasteiger partial charge in [-0.25, -0.2) is 0 Å². The average molecular weight is 186 g/mol. The highest BCUT2D eigenvalue weighted by molar-refractivity contribution is 5.27. The van der Waals surface area contributed by atoms with Gasteiger partial charge in [0.15, 0.2) is 0 Å². The van der Waals surface area contributed by atoms with Gasteiger partial charge < -0.3 is 5.11 Å². The predicted molar refractivity (Wildman–Crippen MR) is 52.9 cm³/mol. The average Bonchev–Trinajstić information content (AvgIpc) is 2.19. The maximum atomic E-state index is 9.22. The van der Waals surface area contributed by atoms with Crippen molar-refractivity contribution in [1.82, 2.24) is 9.97 Å². The van der Waals surface area contributed by atoms with Gasteiger partial charge in [0.1, 0.15) is 5.75 Å². The van der Waals surface area contributed by atoms with E-state index in [1.54, 1.807) is 24.7 Å². The number of nitrogens with zero attached hydrogens (tertiary/aromatic N) is 2. The lowest BCUT2D eigenvalue weighted by Crippen LogP contribution is -1.88. The van der Waals surface area contributed by atoms with E-state index in [4.69, 9.17) is 0 Å². The van der Waals surface area contributed by atoms with E-state index in [0.29, 0.717) is 0 Å². The summed E-state index contributed by atoms with van der Waals surface area (Å²) in [5.74, 6) is 0.205. The molecule has 2 heterocycles. The summed E-state index contributed by atoms with van der Waals surface area (Å²) < 4.78 is 0. The molecule has 0 aliphatic rings. The molecule has 0 aromatic carbocycles. The van der Waals surface area contributed by atoms with Gasteiger partial charge in [-0.15, -0.1) is 0 Å². The van der Waals surface area contributed by atoms with E-state index in [-0.39, 0.29) is 5.75 Å². The maximum absolute atomic E-state index is 9.22. The van der Waals surface area contributed by atoms with Crippen molar-refractivity contribution < 1.29 is 5.11 Å². The molecular formula is C11H10N2O. The van der Waals surface area contributed by atoms with Crippen LogP contribution in [0.3, 0.4) is 0 Å². The Hall–Kier alpha value is -1.90. The van der Waals surface area contributed by atoms with Gasteiger partial charge >= 0.3 is 0 Å². The smallest absolute Gasteiger partial charge is 0.134 e. The summed E-state index contributed by atoms with van der Waals surface area (Å²) >= 11 is 0. The van der Waals surface area contributed by atoms with Gasteiger partial charge in [0.05, 0.1) is 6.20 Å². The highest BCUT2D eigenvalue weighted by atomic mass is 16.3. The Morgan fingerprint density at radius 2 is 1.79 bits per heavy atom. The fourth-order valence-corrected chi connectivity index (χ4v) is 1.31. The number of aromatic nitrogens is 2. The van der Waals surface area contributed by atoms with Crippen molar-refractivity contribution in [3.05, 3.63) is 54.1 Å². The molecule has 0 aliphatic heterocycles. The van der Waals surface area contributed by atoms with E-state index in [0.717, 1.165) is 17.5 Å². The van der Waals surface area contributed by atoms with Crippen molar-refractivity contribution >= 4 is 0 Å². The van der Waals surface area contributed by atoms with Gasteiger partial charge in [-0.2, -0.15) is 0 Å². The molecule has 0 saturated carbocycles. The van der Waals surface area contributed by atoms with E-state index in [1.165, 1.54) is 6.20 Å². The van der Waals surface area contributed by atoms with Crippen LogP contribution in [0.2, 0.25) is 0 Å². The highest BCUT2D eigenvalue weighted by Gasteiger charge is 1.97. The van der Waals surface area contributed by atoms with Crippen molar-refractivity contribution in [3.8, 4) is 5.75 Å². The molecular weight excluding hydrogens is 176 g/mol. The van der Waals surface area contributed by atoms with Crippen LogP contribution in [0.1, 0.15) is 11.1 Å². The molecule has 3 heteroatoms. The van der Waals surface area contributed by atoms with Crippen molar-refractivity contribution in [1.29, 1.82) is 0 Å². The van der Waals surface area contributed by atoms with Crippen molar-refractivity contribution in [2.24, 2.45) is 0 Å². The number of pyridine rings is 2. The number of hydrogen-bond acceptors (Lipinski definition) is 3. The summed E-state index contributed by atoms with van der Waals surface area (Å²) in [6.45, 7) is 0. The normalized spacial score (nSPS) is 10.0. The quantitative estimate of drug-likeness (QED) is 0.777. The second-order valence-electron chi connectivity index (χ2n) is 3.08. The van der Waals surface area contributed by atoms with Crippen LogP contribution in [0.15, 0.2) is 43.0 Å². The Kier molecular flexibility index (Phi) is 2.40. The lowest BCUT2D eigenvalue weighted by atomic mass is 10.1. The molecule has 0 fully saturated rings. The minimum absolute atomic E-state index is 0.205. The number of aromatic hydroxyl groups is 1. The zero-order valence-corrected chi connectivity index (χ0v) is 7.59. The minimum atomic E-state index is 0.205. The number of rotatable bonds is 2. The first-order valence-corrected chi connectivity index (χ1v) is 4.36. The first-order valence-electron chi connectivity index (χ1n) is 4.36. The lowest BCUT2D eigenvalue weighted by Gasteiger charge is -2.00. The maximum Gasteiger partial charge on any atom is 0.134 e. The first-order chi connectivity index (χ1) is 6.84. The van der Waals surface area contributed by atoms with Crippen LogP contribution in [-0.4, -0.2) is 15.1 Å².